The SMILES string of the molecule is CC(C)OP(O)(=S)OC[C@@H]1OCC[C@@H]1C(C)C. The van der Waals surface area contributed by atoms with Crippen LogP contribution in [0, 0.1) is 11.8 Å². The Balaban J connectivity index is 2.42. The minimum absolute atomic E-state index is 0.0280. The van der Waals surface area contributed by atoms with Gasteiger partial charge < -0.3 is 18.7 Å². The molecule has 1 unspecified atom stereocenters. The van der Waals surface area contributed by atoms with Gasteiger partial charge in [0.2, 0.25) is 0 Å². The van der Waals surface area contributed by atoms with E-state index in [-0.39, 0.29) is 12.2 Å². The van der Waals surface area contributed by atoms with Gasteiger partial charge >= 0.3 is 6.72 Å². The Hall–Kier alpha value is 0.490. The third kappa shape index (κ3) is 5.33. The van der Waals surface area contributed by atoms with Crippen LogP contribution < -0.4 is 0 Å². The first kappa shape index (κ1) is 15.5. The summed E-state index contributed by atoms with van der Waals surface area (Å²) in [6.07, 6.45) is 0.946. The average Bonchev–Trinajstić information content (AvgIpc) is 2.60. The van der Waals surface area contributed by atoms with Gasteiger partial charge in [0.15, 0.2) is 0 Å². The Kier molecular flexibility index (Phi) is 6.03. The summed E-state index contributed by atoms with van der Waals surface area (Å²) in [5.74, 6) is 1.03. The van der Waals surface area contributed by atoms with Crippen LogP contribution >= 0.6 is 6.72 Å². The van der Waals surface area contributed by atoms with Crippen LogP contribution in [0.15, 0.2) is 0 Å². The van der Waals surface area contributed by atoms with Crippen LogP contribution in [0.4, 0.5) is 0 Å². The molecule has 0 amide bonds. The summed E-state index contributed by atoms with van der Waals surface area (Å²) >= 11 is 4.93. The van der Waals surface area contributed by atoms with E-state index < -0.39 is 6.72 Å². The first-order valence-electron chi connectivity index (χ1n) is 6.09. The summed E-state index contributed by atoms with van der Waals surface area (Å²) in [6, 6.07) is 0. The highest BCUT2D eigenvalue weighted by atomic mass is 32.5. The van der Waals surface area contributed by atoms with E-state index in [0.717, 1.165) is 13.0 Å². The first-order chi connectivity index (χ1) is 7.82. The Morgan fingerprint density at radius 3 is 2.59 bits per heavy atom. The minimum atomic E-state index is -3.10. The summed E-state index contributed by atoms with van der Waals surface area (Å²) in [7, 11) is 0. The van der Waals surface area contributed by atoms with Crippen molar-refractivity contribution in [3.63, 3.8) is 0 Å². The zero-order chi connectivity index (χ0) is 13.1. The maximum Gasteiger partial charge on any atom is 0.324 e. The second-order valence-electron chi connectivity index (χ2n) is 5.02. The normalized spacial score (nSPS) is 28.9. The van der Waals surface area contributed by atoms with Crippen molar-refractivity contribution in [1.82, 2.24) is 0 Å². The van der Waals surface area contributed by atoms with E-state index >= 15 is 0 Å². The quantitative estimate of drug-likeness (QED) is 0.759. The van der Waals surface area contributed by atoms with Crippen molar-refractivity contribution >= 4 is 18.5 Å². The Morgan fingerprint density at radius 2 is 2.06 bits per heavy atom. The van der Waals surface area contributed by atoms with E-state index in [9.17, 15) is 4.89 Å². The average molecular weight is 282 g/mol. The van der Waals surface area contributed by atoms with Crippen molar-refractivity contribution in [1.29, 1.82) is 0 Å². The minimum Gasteiger partial charge on any atom is -0.375 e. The lowest BCUT2D eigenvalue weighted by Gasteiger charge is -2.24. The van der Waals surface area contributed by atoms with Crippen LogP contribution in [0.25, 0.3) is 0 Å². The largest absolute Gasteiger partial charge is 0.375 e. The maximum atomic E-state index is 9.80. The van der Waals surface area contributed by atoms with Crippen LogP contribution in [-0.4, -0.2) is 30.3 Å². The molecule has 0 aromatic rings. The van der Waals surface area contributed by atoms with Gasteiger partial charge in [-0.25, -0.2) is 0 Å². The van der Waals surface area contributed by atoms with Crippen LogP contribution in [0.1, 0.15) is 34.1 Å². The number of hydrogen-bond donors (Lipinski definition) is 1. The molecular weight excluding hydrogens is 259 g/mol. The predicted molar refractivity (Wildman–Crippen MR) is 71.4 cm³/mol. The molecule has 0 aliphatic carbocycles. The fourth-order valence-corrected chi connectivity index (χ4v) is 3.69. The molecule has 0 spiro atoms. The molecule has 0 aromatic heterocycles. The van der Waals surface area contributed by atoms with Gasteiger partial charge in [-0.1, -0.05) is 13.8 Å². The highest BCUT2D eigenvalue weighted by molar-refractivity contribution is 8.07. The van der Waals surface area contributed by atoms with Gasteiger partial charge in [-0.2, -0.15) is 0 Å². The molecule has 1 aliphatic rings. The standard InChI is InChI=1S/C11H23O4PS/c1-8(2)10-5-6-13-11(10)7-14-16(12,17)15-9(3)4/h8-11H,5-7H2,1-4H3,(H,12,17)/t10-,11+,16?/m1/s1. The van der Waals surface area contributed by atoms with E-state index in [1.54, 1.807) is 0 Å². The molecule has 1 saturated heterocycles. The van der Waals surface area contributed by atoms with Crippen molar-refractivity contribution in [3.8, 4) is 0 Å². The smallest absolute Gasteiger partial charge is 0.324 e. The Bertz CT molecular complexity index is 283. The Morgan fingerprint density at radius 1 is 1.41 bits per heavy atom. The molecule has 1 N–H and O–H groups in total. The lowest BCUT2D eigenvalue weighted by molar-refractivity contribution is 0.0291. The third-order valence-electron chi connectivity index (χ3n) is 2.86. The van der Waals surface area contributed by atoms with Crippen molar-refractivity contribution in [2.24, 2.45) is 11.8 Å². The van der Waals surface area contributed by atoms with Crippen molar-refractivity contribution < 1.29 is 18.7 Å². The molecule has 1 aliphatic heterocycles. The second-order valence-corrected chi connectivity index (χ2v) is 7.81. The van der Waals surface area contributed by atoms with Crippen LogP contribution in [0.3, 0.4) is 0 Å². The third-order valence-corrected chi connectivity index (χ3v) is 4.60. The maximum absolute atomic E-state index is 9.80. The molecule has 1 fully saturated rings. The van der Waals surface area contributed by atoms with E-state index in [4.69, 9.17) is 25.6 Å². The summed E-state index contributed by atoms with van der Waals surface area (Å²) in [5.41, 5.74) is 0. The molecule has 0 aromatic carbocycles. The van der Waals surface area contributed by atoms with E-state index in [1.807, 2.05) is 13.8 Å². The number of rotatable bonds is 6. The van der Waals surface area contributed by atoms with Crippen LogP contribution in [0.2, 0.25) is 0 Å². The van der Waals surface area contributed by atoms with Crippen molar-refractivity contribution in [3.05, 3.63) is 0 Å². The molecule has 0 radical (unpaired) electrons. The summed E-state index contributed by atoms with van der Waals surface area (Å²) in [5, 5.41) is 0. The lowest BCUT2D eigenvalue weighted by atomic mass is 9.90. The predicted octanol–water partition coefficient (Wildman–Crippen LogP) is 2.71. The van der Waals surface area contributed by atoms with Crippen LogP contribution in [-0.2, 0) is 25.6 Å². The second kappa shape index (κ2) is 6.60. The lowest BCUT2D eigenvalue weighted by Crippen LogP contribution is -2.25. The molecule has 3 atom stereocenters. The van der Waals surface area contributed by atoms with Crippen molar-refractivity contribution in [2.75, 3.05) is 13.2 Å². The van der Waals surface area contributed by atoms with Gasteiger partial charge in [-0.05, 0) is 43.9 Å². The van der Waals surface area contributed by atoms with Gasteiger partial charge in [-0.15, -0.1) is 0 Å². The fraction of sp³-hybridized carbons (Fsp3) is 1.00. The van der Waals surface area contributed by atoms with E-state index in [0.29, 0.717) is 18.4 Å². The number of hydrogen-bond acceptors (Lipinski definition) is 4. The summed E-state index contributed by atoms with van der Waals surface area (Å²) < 4.78 is 16.1. The van der Waals surface area contributed by atoms with Gasteiger partial charge in [-0.3, -0.25) is 0 Å². The molecule has 0 saturated carbocycles. The monoisotopic (exact) mass is 282 g/mol. The highest BCUT2D eigenvalue weighted by Gasteiger charge is 2.32. The summed E-state index contributed by atoms with van der Waals surface area (Å²) in [4.78, 5) is 9.80. The molecule has 102 valence electrons. The van der Waals surface area contributed by atoms with Gasteiger partial charge in [0.05, 0.1) is 18.8 Å². The van der Waals surface area contributed by atoms with Crippen LogP contribution in [0.5, 0.6) is 0 Å². The summed E-state index contributed by atoms with van der Waals surface area (Å²) in [6.45, 7) is 5.97. The van der Waals surface area contributed by atoms with Gasteiger partial charge in [0.1, 0.15) is 0 Å². The molecule has 17 heavy (non-hydrogen) atoms. The zero-order valence-corrected chi connectivity index (χ0v) is 12.7. The Labute approximate surface area is 109 Å². The molecule has 0 bridgehead atoms. The first-order valence-corrected chi connectivity index (χ1v) is 8.68. The van der Waals surface area contributed by atoms with E-state index in [1.165, 1.54) is 0 Å². The molecule has 1 heterocycles. The fourth-order valence-electron chi connectivity index (χ4n) is 2.06. The van der Waals surface area contributed by atoms with E-state index in [2.05, 4.69) is 13.8 Å². The molecule has 1 rings (SSSR count). The topological polar surface area (TPSA) is 47.9 Å². The molecular formula is C11H23O4PS. The van der Waals surface area contributed by atoms with Gasteiger partial charge in [0, 0.05) is 6.61 Å². The van der Waals surface area contributed by atoms with Crippen molar-refractivity contribution in [2.45, 2.75) is 46.3 Å². The highest BCUT2D eigenvalue weighted by Crippen LogP contribution is 2.46. The molecule has 4 nitrogen and oxygen atoms in total. The zero-order valence-electron chi connectivity index (χ0n) is 11.0. The molecule has 6 heteroatoms. The number of ether oxygens (including phenoxy) is 1. The van der Waals surface area contributed by atoms with Gasteiger partial charge in [0.25, 0.3) is 0 Å².